The maximum atomic E-state index is 13.0. The monoisotopic (exact) mass is 313 g/mol. The first kappa shape index (κ1) is 16.0. The third-order valence-corrected chi connectivity index (χ3v) is 3.80. The van der Waals surface area contributed by atoms with Crippen LogP contribution in [0.3, 0.4) is 0 Å². The third-order valence-electron chi connectivity index (χ3n) is 3.45. The molecular formula is C15H21ClFN3O. The van der Waals surface area contributed by atoms with Crippen LogP contribution in [-0.4, -0.2) is 38.8 Å². The van der Waals surface area contributed by atoms with Gasteiger partial charge in [0.25, 0.3) is 0 Å². The van der Waals surface area contributed by atoms with Crippen molar-refractivity contribution < 1.29 is 9.13 Å². The molecule has 0 spiro atoms. The van der Waals surface area contributed by atoms with Gasteiger partial charge in [0.1, 0.15) is 5.82 Å². The molecule has 1 fully saturated rings. The lowest BCUT2D eigenvalue weighted by molar-refractivity contribution is 0.114. The smallest absolute Gasteiger partial charge is 0.191 e. The van der Waals surface area contributed by atoms with E-state index in [1.165, 1.54) is 12.1 Å². The van der Waals surface area contributed by atoms with Crippen LogP contribution in [0.4, 0.5) is 4.39 Å². The van der Waals surface area contributed by atoms with Crippen LogP contribution in [0.5, 0.6) is 0 Å². The van der Waals surface area contributed by atoms with Crippen molar-refractivity contribution in [1.82, 2.24) is 10.6 Å². The van der Waals surface area contributed by atoms with Gasteiger partial charge in [-0.3, -0.25) is 4.99 Å². The highest BCUT2D eigenvalue weighted by Crippen LogP contribution is 2.17. The Morgan fingerprint density at radius 2 is 2.33 bits per heavy atom. The lowest BCUT2D eigenvalue weighted by Gasteiger charge is -2.15. The van der Waals surface area contributed by atoms with Gasteiger partial charge in [0.15, 0.2) is 5.96 Å². The first-order valence-electron chi connectivity index (χ1n) is 7.19. The van der Waals surface area contributed by atoms with E-state index in [2.05, 4.69) is 15.6 Å². The van der Waals surface area contributed by atoms with Crippen LogP contribution in [0.2, 0.25) is 5.02 Å². The van der Waals surface area contributed by atoms with Gasteiger partial charge < -0.3 is 15.4 Å². The highest BCUT2D eigenvalue weighted by Gasteiger charge is 2.15. The van der Waals surface area contributed by atoms with Gasteiger partial charge in [-0.05, 0) is 37.0 Å². The molecule has 0 saturated carbocycles. The lowest BCUT2D eigenvalue weighted by atomic mass is 10.1. The number of guanidine groups is 1. The predicted molar refractivity (Wildman–Crippen MR) is 83.5 cm³/mol. The molecule has 1 saturated heterocycles. The van der Waals surface area contributed by atoms with Gasteiger partial charge in [0, 0.05) is 31.8 Å². The fourth-order valence-electron chi connectivity index (χ4n) is 2.28. The number of benzene rings is 1. The van der Waals surface area contributed by atoms with Crippen LogP contribution in [0.15, 0.2) is 23.2 Å². The highest BCUT2D eigenvalue weighted by atomic mass is 35.5. The largest absolute Gasteiger partial charge is 0.376 e. The van der Waals surface area contributed by atoms with E-state index in [-0.39, 0.29) is 11.9 Å². The summed E-state index contributed by atoms with van der Waals surface area (Å²) in [5.74, 6) is 0.425. The molecule has 0 aliphatic carbocycles. The van der Waals surface area contributed by atoms with Crippen molar-refractivity contribution in [2.45, 2.75) is 25.4 Å². The van der Waals surface area contributed by atoms with Crippen molar-refractivity contribution in [3.05, 3.63) is 34.6 Å². The zero-order valence-electron chi connectivity index (χ0n) is 12.2. The molecule has 1 unspecified atom stereocenters. The maximum absolute atomic E-state index is 13.0. The second-order valence-corrected chi connectivity index (χ2v) is 5.41. The highest BCUT2D eigenvalue weighted by molar-refractivity contribution is 6.31. The molecule has 1 heterocycles. The Balaban J connectivity index is 1.72. The van der Waals surface area contributed by atoms with Crippen LogP contribution >= 0.6 is 11.6 Å². The van der Waals surface area contributed by atoms with Crippen LogP contribution < -0.4 is 10.6 Å². The third kappa shape index (κ3) is 5.17. The summed E-state index contributed by atoms with van der Waals surface area (Å²) in [6, 6.07) is 4.47. The number of nitrogens with zero attached hydrogens (tertiary/aromatic N) is 1. The van der Waals surface area contributed by atoms with E-state index >= 15 is 0 Å². The SMILES string of the molecule is CN=C(NCCc1ccc(F)cc1Cl)NCC1CCCO1. The van der Waals surface area contributed by atoms with Crippen LogP contribution in [-0.2, 0) is 11.2 Å². The molecule has 1 aliphatic rings. The van der Waals surface area contributed by atoms with Gasteiger partial charge in [0.05, 0.1) is 6.10 Å². The summed E-state index contributed by atoms with van der Waals surface area (Å²) in [7, 11) is 1.73. The van der Waals surface area contributed by atoms with Crippen molar-refractivity contribution in [3.63, 3.8) is 0 Å². The molecule has 0 radical (unpaired) electrons. The first-order chi connectivity index (χ1) is 10.2. The summed E-state index contributed by atoms with van der Waals surface area (Å²) in [6.07, 6.45) is 3.20. The minimum atomic E-state index is -0.314. The summed E-state index contributed by atoms with van der Waals surface area (Å²) in [5, 5.41) is 6.91. The Morgan fingerprint density at radius 3 is 3.00 bits per heavy atom. The lowest BCUT2D eigenvalue weighted by Crippen LogP contribution is -2.41. The molecular weight excluding hydrogens is 293 g/mol. The number of nitrogens with one attached hydrogen (secondary N) is 2. The van der Waals surface area contributed by atoms with E-state index in [0.717, 1.165) is 37.5 Å². The van der Waals surface area contributed by atoms with Crippen molar-refractivity contribution in [3.8, 4) is 0 Å². The maximum Gasteiger partial charge on any atom is 0.191 e. The van der Waals surface area contributed by atoms with Gasteiger partial charge in [-0.15, -0.1) is 0 Å². The molecule has 1 aromatic rings. The standard InChI is InChI=1S/C15H21ClFN3O/c1-18-15(20-10-13-3-2-8-21-13)19-7-6-11-4-5-12(17)9-14(11)16/h4-5,9,13H,2-3,6-8,10H2,1H3,(H2,18,19,20). The average Bonchev–Trinajstić information content (AvgIpc) is 2.98. The van der Waals surface area contributed by atoms with Gasteiger partial charge in [-0.25, -0.2) is 4.39 Å². The summed E-state index contributed by atoms with van der Waals surface area (Å²) in [6.45, 7) is 2.29. The Hall–Kier alpha value is -1.33. The van der Waals surface area contributed by atoms with Crippen LogP contribution in [0.25, 0.3) is 0 Å². The van der Waals surface area contributed by atoms with E-state index in [4.69, 9.17) is 16.3 Å². The average molecular weight is 314 g/mol. The van der Waals surface area contributed by atoms with Crippen LogP contribution in [0, 0.1) is 5.82 Å². The Morgan fingerprint density at radius 1 is 1.48 bits per heavy atom. The summed E-state index contributed by atoms with van der Waals surface area (Å²) in [4.78, 5) is 4.16. The normalized spacial score (nSPS) is 18.8. The molecule has 1 atom stereocenters. The summed E-state index contributed by atoms with van der Waals surface area (Å²) in [5.41, 5.74) is 0.917. The predicted octanol–water partition coefficient (Wildman–Crippen LogP) is 2.37. The molecule has 21 heavy (non-hydrogen) atoms. The van der Waals surface area contributed by atoms with Gasteiger partial charge in [-0.2, -0.15) is 0 Å². The van der Waals surface area contributed by atoms with E-state index in [9.17, 15) is 4.39 Å². The molecule has 116 valence electrons. The molecule has 0 amide bonds. The molecule has 1 aromatic carbocycles. The van der Waals surface area contributed by atoms with Gasteiger partial charge in [0.2, 0.25) is 0 Å². The number of hydrogen-bond acceptors (Lipinski definition) is 2. The molecule has 0 bridgehead atoms. The molecule has 1 aliphatic heterocycles. The topological polar surface area (TPSA) is 45.7 Å². The Kier molecular flexibility index (Phi) is 6.26. The number of hydrogen-bond donors (Lipinski definition) is 2. The molecule has 4 nitrogen and oxygen atoms in total. The molecule has 6 heteroatoms. The molecule has 2 rings (SSSR count). The zero-order valence-corrected chi connectivity index (χ0v) is 12.9. The second-order valence-electron chi connectivity index (χ2n) is 5.00. The van der Waals surface area contributed by atoms with E-state index < -0.39 is 0 Å². The van der Waals surface area contributed by atoms with E-state index in [1.54, 1.807) is 13.1 Å². The zero-order chi connectivity index (χ0) is 15.1. The number of rotatable bonds is 5. The quantitative estimate of drug-likeness (QED) is 0.648. The molecule has 0 aromatic heterocycles. The van der Waals surface area contributed by atoms with Gasteiger partial charge >= 0.3 is 0 Å². The fourth-order valence-corrected chi connectivity index (χ4v) is 2.54. The number of ether oxygens (including phenoxy) is 1. The fraction of sp³-hybridized carbons (Fsp3) is 0.533. The first-order valence-corrected chi connectivity index (χ1v) is 7.57. The molecule has 2 N–H and O–H groups in total. The van der Waals surface area contributed by atoms with Crippen molar-refractivity contribution in [2.24, 2.45) is 4.99 Å². The van der Waals surface area contributed by atoms with Crippen molar-refractivity contribution in [1.29, 1.82) is 0 Å². The summed E-state index contributed by atoms with van der Waals surface area (Å²) < 4.78 is 18.5. The van der Waals surface area contributed by atoms with Crippen molar-refractivity contribution in [2.75, 3.05) is 26.7 Å². The summed E-state index contributed by atoms with van der Waals surface area (Å²) >= 11 is 6.00. The second kappa shape index (κ2) is 8.20. The van der Waals surface area contributed by atoms with Crippen molar-refractivity contribution >= 4 is 17.6 Å². The van der Waals surface area contributed by atoms with E-state index in [1.807, 2.05) is 0 Å². The minimum Gasteiger partial charge on any atom is -0.376 e. The van der Waals surface area contributed by atoms with E-state index in [0.29, 0.717) is 18.0 Å². The Labute approximate surface area is 129 Å². The van der Waals surface area contributed by atoms with Crippen LogP contribution in [0.1, 0.15) is 18.4 Å². The Bertz CT molecular complexity index is 490. The van der Waals surface area contributed by atoms with Gasteiger partial charge in [-0.1, -0.05) is 17.7 Å². The number of aliphatic imine (C=N–C) groups is 1. The number of halogens is 2. The minimum absolute atomic E-state index is 0.273.